The Morgan fingerprint density at radius 1 is 1.33 bits per heavy atom. The first-order valence-corrected chi connectivity index (χ1v) is 7.68. The van der Waals surface area contributed by atoms with Gasteiger partial charge in [-0.25, -0.2) is 8.78 Å². The molecule has 2 rings (SSSR count). The zero-order valence-corrected chi connectivity index (χ0v) is 14.2. The fourth-order valence-corrected chi connectivity index (χ4v) is 2.76. The molecule has 134 valence electrons. The summed E-state index contributed by atoms with van der Waals surface area (Å²) in [4.78, 5) is 23.5. The monoisotopic (exact) mass is 361 g/mol. The molecule has 5 nitrogen and oxygen atoms in total. The Labute approximate surface area is 146 Å². The first-order valence-electron chi connectivity index (χ1n) is 7.68. The van der Waals surface area contributed by atoms with Gasteiger partial charge in [-0.05, 0) is 31.5 Å². The summed E-state index contributed by atoms with van der Waals surface area (Å²) >= 11 is 0. The summed E-state index contributed by atoms with van der Waals surface area (Å²) in [6.45, 7) is 2.83. The van der Waals surface area contributed by atoms with Gasteiger partial charge in [-0.2, -0.15) is 0 Å². The van der Waals surface area contributed by atoms with Crippen molar-refractivity contribution < 1.29 is 18.4 Å². The van der Waals surface area contributed by atoms with Crippen molar-refractivity contribution in [3.8, 4) is 0 Å². The van der Waals surface area contributed by atoms with Crippen molar-refractivity contribution in [1.29, 1.82) is 0 Å². The molecule has 2 amide bonds. The molecule has 1 saturated heterocycles. The van der Waals surface area contributed by atoms with E-state index < -0.39 is 23.6 Å². The maximum absolute atomic E-state index is 13.9. The standard InChI is InChI=1S/C16H21F2N3O2.ClH/c1-10(22)20-14(16-12(17)5-2-6-13(16)18)8-15(23)21-11-4-3-7-19-9-11;/h2,5-6,11,14,19H,3-4,7-9H2,1H3,(H,20,22)(H,21,23);1H/t11-,14?;/m0./s1. The fourth-order valence-electron chi connectivity index (χ4n) is 2.76. The van der Waals surface area contributed by atoms with E-state index in [0.717, 1.165) is 31.5 Å². The van der Waals surface area contributed by atoms with Crippen LogP contribution in [0.15, 0.2) is 18.2 Å². The number of halogens is 3. The maximum Gasteiger partial charge on any atom is 0.222 e. The zero-order chi connectivity index (χ0) is 16.8. The van der Waals surface area contributed by atoms with E-state index in [1.54, 1.807) is 0 Å². The van der Waals surface area contributed by atoms with E-state index in [2.05, 4.69) is 16.0 Å². The molecule has 1 aliphatic rings. The second-order valence-electron chi connectivity index (χ2n) is 5.70. The normalized spacial score (nSPS) is 18.2. The zero-order valence-electron chi connectivity index (χ0n) is 13.4. The summed E-state index contributed by atoms with van der Waals surface area (Å²) in [7, 11) is 0. The van der Waals surface area contributed by atoms with Crippen LogP contribution in [0, 0.1) is 11.6 Å². The van der Waals surface area contributed by atoms with Gasteiger partial charge >= 0.3 is 0 Å². The maximum atomic E-state index is 13.9. The van der Waals surface area contributed by atoms with E-state index in [4.69, 9.17) is 0 Å². The predicted octanol–water partition coefficient (Wildman–Crippen LogP) is 1.82. The number of carbonyl (C=O) groups is 2. The number of amides is 2. The van der Waals surface area contributed by atoms with Gasteiger partial charge in [-0.15, -0.1) is 12.4 Å². The molecule has 0 radical (unpaired) electrons. The van der Waals surface area contributed by atoms with Crippen molar-refractivity contribution in [3.05, 3.63) is 35.4 Å². The molecule has 1 aromatic rings. The van der Waals surface area contributed by atoms with Gasteiger partial charge in [0, 0.05) is 25.1 Å². The smallest absolute Gasteiger partial charge is 0.222 e. The van der Waals surface area contributed by atoms with Crippen LogP contribution in [0.5, 0.6) is 0 Å². The van der Waals surface area contributed by atoms with Gasteiger partial charge in [0.15, 0.2) is 0 Å². The lowest BCUT2D eigenvalue weighted by Gasteiger charge is -2.25. The Bertz CT molecular complexity index is 560. The number of carbonyl (C=O) groups excluding carboxylic acids is 2. The number of hydrogen-bond donors (Lipinski definition) is 3. The SMILES string of the molecule is CC(=O)NC(CC(=O)N[C@H]1CCCNC1)c1c(F)cccc1F.Cl. The molecule has 8 heteroatoms. The van der Waals surface area contributed by atoms with Crippen LogP contribution in [0.4, 0.5) is 8.78 Å². The molecule has 1 unspecified atom stereocenters. The summed E-state index contributed by atoms with van der Waals surface area (Å²) in [5.74, 6) is -2.36. The van der Waals surface area contributed by atoms with E-state index in [0.29, 0.717) is 6.54 Å². The molecule has 0 aliphatic carbocycles. The second-order valence-corrected chi connectivity index (χ2v) is 5.70. The number of hydrogen-bond acceptors (Lipinski definition) is 3. The molecule has 0 saturated carbocycles. The van der Waals surface area contributed by atoms with E-state index in [-0.39, 0.29) is 36.3 Å². The summed E-state index contributed by atoms with van der Waals surface area (Å²) < 4.78 is 27.9. The molecular weight excluding hydrogens is 340 g/mol. The molecule has 2 atom stereocenters. The van der Waals surface area contributed by atoms with Crippen LogP contribution in [0.3, 0.4) is 0 Å². The van der Waals surface area contributed by atoms with Gasteiger partial charge in [0.2, 0.25) is 11.8 Å². The van der Waals surface area contributed by atoms with Gasteiger partial charge in [-0.3, -0.25) is 9.59 Å². The molecule has 3 N–H and O–H groups in total. The van der Waals surface area contributed by atoms with Crippen LogP contribution < -0.4 is 16.0 Å². The molecule has 1 aliphatic heterocycles. The van der Waals surface area contributed by atoms with Gasteiger partial charge in [0.1, 0.15) is 11.6 Å². The van der Waals surface area contributed by atoms with Gasteiger partial charge < -0.3 is 16.0 Å². The summed E-state index contributed by atoms with van der Waals surface area (Å²) in [5, 5.41) is 8.46. The van der Waals surface area contributed by atoms with E-state index in [9.17, 15) is 18.4 Å². The van der Waals surface area contributed by atoms with Crippen LogP contribution in [0.2, 0.25) is 0 Å². The molecule has 1 aromatic carbocycles. The number of benzene rings is 1. The van der Waals surface area contributed by atoms with Crippen molar-refractivity contribution in [1.82, 2.24) is 16.0 Å². The molecule has 1 heterocycles. The summed E-state index contributed by atoms with van der Waals surface area (Å²) in [6.07, 6.45) is 1.60. The second kappa shape index (κ2) is 9.54. The Morgan fingerprint density at radius 3 is 2.54 bits per heavy atom. The third-order valence-electron chi connectivity index (χ3n) is 3.78. The van der Waals surface area contributed by atoms with Crippen molar-refractivity contribution in [2.24, 2.45) is 0 Å². The molecule has 0 bridgehead atoms. The third-order valence-corrected chi connectivity index (χ3v) is 3.78. The highest BCUT2D eigenvalue weighted by atomic mass is 35.5. The van der Waals surface area contributed by atoms with Crippen molar-refractivity contribution in [2.75, 3.05) is 13.1 Å². The Hall–Kier alpha value is -1.73. The van der Waals surface area contributed by atoms with Crippen LogP contribution in [-0.4, -0.2) is 30.9 Å². The Balaban J connectivity index is 0.00000288. The Morgan fingerprint density at radius 2 is 2.00 bits per heavy atom. The molecule has 0 spiro atoms. The minimum Gasteiger partial charge on any atom is -0.352 e. The molecule has 1 fully saturated rings. The van der Waals surface area contributed by atoms with Crippen LogP contribution >= 0.6 is 12.4 Å². The summed E-state index contributed by atoms with van der Waals surface area (Å²) in [6, 6.07) is 2.42. The van der Waals surface area contributed by atoms with E-state index in [1.807, 2.05) is 0 Å². The quantitative estimate of drug-likeness (QED) is 0.749. The van der Waals surface area contributed by atoms with Crippen LogP contribution in [0.1, 0.15) is 37.8 Å². The third kappa shape index (κ3) is 5.72. The van der Waals surface area contributed by atoms with Crippen molar-refractivity contribution in [2.45, 2.75) is 38.3 Å². The average molecular weight is 362 g/mol. The first kappa shape index (κ1) is 20.3. The number of piperidine rings is 1. The van der Waals surface area contributed by atoms with Crippen molar-refractivity contribution >= 4 is 24.2 Å². The lowest BCUT2D eigenvalue weighted by molar-refractivity contribution is -0.123. The number of nitrogens with one attached hydrogen (secondary N) is 3. The molecule has 24 heavy (non-hydrogen) atoms. The molecule has 0 aromatic heterocycles. The number of rotatable bonds is 5. The highest BCUT2D eigenvalue weighted by Gasteiger charge is 2.25. The van der Waals surface area contributed by atoms with E-state index >= 15 is 0 Å². The summed E-state index contributed by atoms with van der Waals surface area (Å²) in [5.41, 5.74) is -0.292. The highest BCUT2D eigenvalue weighted by Crippen LogP contribution is 2.23. The lowest BCUT2D eigenvalue weighted by Crippen LogP contribution is -2.46. The minimum absolute atomic E-state index is 0. The largest absolute Gasteiger partial charge is 0.352 e. The minimum atomic E-state index is -1.04. The van der Waals surface area contributed by atoms with Crippen molar-refractivity contribution in [3.63, 3.8) is 0 Å². The predicted molar refractivity (Wildman–Crippen MR) is 88.8 cm³/mol. The van der Waals surface area contributed by atoms with Gasteiger partial charge in [0.05, 0.1) is 12.5 Å². The van der Waals surface area contributed by atoms with Gasteiger partial charge in [-0.1, -0.05) is 6.07 Å². The highest BCUT2D eigenvalue weighted by molar-refractivity contribution is 5.85. The van der Waals surface area contributed by atoms with Crippen LogP contribution in [-0.2, 0) is 9.59 Å². The van der Waals surface area contributed by atoms with E-state index in [1.165, 1.54) is 13.0 Å². The molecular formula is C16H22ClF2N3O2. The average Bonchev–Trinajstić information content (AvgIpc) is 2.47. The van der Waals surface area contributed by atoms with Crippen LogP contribution in [0.25, 0.3) is 0 Å². The fraction of sp³-hybridized carbons (Fsp3) is 0.500. The van der Waals surface area contributed by atoms with Gasteiger partial charge in [0.25, 0.3) is 0 Å². The lowest BCUT2D eigenvalue weighted by atomic mass is 10.0. The Kier molecular flexibility index (Phi) is 8.07. The topological polar surface area (TPSA) is 70.2 Å². The first-order chi connectivity index (χ1) is 11.0.